The first-order chi connectivity index (χ1) is 8.36. The van der Waals surface area contributed by atoms with Crippen molar-refractivity contribution in [1.29, 1.82) is 0 Å². The Morgan fingerprint density at radius 1 is 1.50 bits per heavy atom. The van der Waals surface area contributed by atoms with E-state index in [1.165, 1.54) is 4.90 Å². The molecule has 1 atom stereocenters. The van der Waals surface area contributed by atoms with Crippen molar-refractivity contribution in [2.24, 2.45) is 0 Å². The first-order valence-corrected chi connectivity index (χ1v) is 7.42. The number of aromatic nitrogens is 1. The molecule has 1 saturated heterocycles. The third kappa shape index (κ3) is 3.05. The highest BCUT2D eigenvalue weighted by atomic mass is 79.9. The molecule has 18 heavy (non-hydrogen) atoms. The van der Waals surface area contributed by atoms with E-state index in [4.69, 9.17) is 0 Å². The van der Waals surface area contributed by atoms with Gasteiger partial charge in [-0.15, -0.1) is 3.89 Å². The van der Waals surface area contributed by atoms with E-state index in [1.54, 1.807) is 18.3 Å². The molecule has 1 unspecified atom stereocenters. The normalized spacial score (nSPS) is 20.4. The number of pyridine rings is 1. The van der Waals surface area contributed by atoms with Crippen molar-refractivity contribution in [3.05, 3.63) is 28.5 Å². The first-order valence-electron chi connectivity index (χ1n) is 5.18. The summed E-state index contributed by atoms with van der Waals surface area (Å²) in [5.74, 6) is -0.357. The van der Waals surface area contributed by atoms with Crippen LogP contribution in [0.4, 0.5) is 3.89 Å². The molecule has 1 fully saturated rings. The monoisotopic (exact) mass is 336 g/mol. The Hall–Kier alpha value is -1.02. The van der Waals surface area contributed by atoms with Crippen LogP contribution in [0.25, 0.3) is 0 Å². The Kier molecular flexibility index (Phi) is 3.67. The first kappa shape index (κ1) is 13.4. The fourth-order valence-electron chi connectivity index (χ4n) is 1.80. The van der Waals surface area contributed by atoms with Crippen LogP contribution in [0.5, 0.6) is 0 Å². The average Bonchev–Trinajstić information content (AvgIpc) is 2.63. The number of nitrogens with zero attached hydrogens (tertiary/aromatic N) is 2. The van der Waals surface area contributed by atoms with Crippen LogP contribution in [-0.2, 0) is 21.6 Å². The lowest BCUT2D eigenvalue weighted by Gasteiger charge is -2.15. The van der Waals surface area contributed by atoms with Gasteiger partial charge in [0.1, 0.15) is 9.85 Å². The molecule has 1 aromatic rings. The van der Waals surface area contributed by atoms with Gasteiger partial charge in [0.25, 0.3) is 0 Å². The third-order valence-corrected chi connectivity index (χ3v) is 4.32. The molecule has 0 N–H and O–H groups in total. The summed E-state index contributed by atoms with van der Waals surface area (Å²) >= 11 is 3.19. The van der Waals surface area contributed by atoms with Gasteiger partial charge in [-0.25, -0.2) is 4.98 Å². The molecule has 0 aromatic carbocycles. The molecule has 0 saturated carbocycles. The van der Waals surface area contributed by atoms with Crippen molar-refractivity contribution in [3.63, 3.8) is 0 Å². The van der Waals surface area contributed by atoms with E-state index >= 15 is 0 Å². The zero-order valence-corrected chi connectivity index (χ0v) is 11.6. The van der Waals surface area contributed by atoms with Crippen LogP contribution in [0.3, 0.4) is 0 Å². The molecule has 1 aliphatic rings. The van der Waals surface area contributed by atoms with Gasteiger partial charge in [-0.1, -0.05) is 6.07 Å². The molecule has 2 rings (SSSR count). The van der Waals surface area contributed by atoms with Crippen LogP contribution >= 0.6 is 15.9 Å². The van der Waals surface area contributed by atoms with Gasteiger partial charge in [0.05, 0.1) is 0 Å². The lowest BCUT2D eigenvalue weighted by Crippen LogP contribution is -2.26. The molecule has 1 aliphatic heterocycles. The number of hydrogen-bond acceptors (Lipinski definition) is 4. The second kappa shape index (κ2) is 4.93. The molecule has 1 aromatic heterocycles. The molecule has 0 radical (unpaired) electrons. The van der Waals surface area contributed by atoms with E-state index in [9.17, 15) is 17.1 Å². The SMILES string of the molecule is O=C1CC(S(=O)(=O)F)CN1Cc1ccc(Br)nc1. The third-order valence-electron chi connectivity index (χ3n) is 2.74. The fourth-order valence-corrected chi connectivity index (χ4v) is 2.73. The number of carbonyl (C=O) groups excluding carboxylic acids is 1. The molecule has 0 spiro atoms. The summed E-state index contributed by atoms with van der Waals surface area (Å²) in [4.78, 5) is 16.9. The molecule has 1 amide bonds. The van der Waals surface area contributed by atoms with Gasteiger partial charge < -0.3 is 4.90 Å². The summed E-state index contributed by atoms with van der Waals surface area (Å²) in [5, 5.41) is -1.24. The van der Waals surface area contributed by atoms with E-state index in [0.29, 0.717) is 4.60 Å². The molecule has 5 nitrogen and oxygen atoms in total. The Balaban J connectivity index is 2.07. The van der Waals surface area contributed by atoms with Crippen molar-refractivity contribution in [3.8, 4) is 0 Å². The lowest BCUT2D eigenvalue weighted by molar-refractivity contribution is -0.128. The molecule has 98 valence electrons. The Bertz CT molecular complexity index is 561. The van der Waals surface area contributed by atoms with E-state index < -0.39 is 15.5 Å². The van der Waals surface area contributed by atoms with Crippen molar-refractivity contribution in [2.45, 2.75) is 18.2 Å². The maximum Gasteiger partial charge on any atom is 0.307 e. The number of amides is 1. The van der Waals surface area contributed by atoms with E-state index in [1.807, 2.05) is 0 Å². The number of hydrogen-bond donors (Lipinski definition) is 0. The summed E-state index contributed by atoms with van der Waals surface area (Å²) in [6.45, 7) is 0.138. The summed E-state index contributed by atoms with van der Waals surface area (Å²) < 4.78 is 35.0. The minimum Gasteiger partial charge on any atom is -0.337 e. The van der Waals surface area contributed by atoms with Gasteiger partial charge in [0.15, 0.2) is 0 Å². The second-order valence-corrected chi connectivity index (χ2v) is 6.50. The number of carbonyl (C=O) groups is 1. The Labute approximate surface area is 112 Å². The quantitative estimate of drug-likeness (QED) is 0.615. The Morgan fingerprint density at radius 2 is 2.22 bits per heavy atom. The summed E-state index contributed by atoms with van der Waals surface area (Å²) in [7, 11) is -4.65. The molecule has 0 aliphatic carbocycles. The lowest BCUT2D eigenvalue weighted by atomic mass is 10.3. The number of halogens is 2. The van der Waals surface area contributed by atoms with Crippen LogP contribution in [-0.4, -0.2) is 36.0 Å². The van der Waals surface area contributed by atoms with Gasteiger partial charge in [-0.3, -0.25) is 4.79 Å². The van der Waals surface area contributed by atoms with Crippen LogP contribution in [0.2, 0.25) is 0 Å². The fraction of sp³-hybridized carbons (Fsp3) is 0.400. The maximum atomic E-state index is 12.8. The smallest absolute Gasteiger partial charge is 0.307 e. The highest BCUT2D eigenvalue weighted by molar-refractivity contribution is 9.10. The van der Waals surface area contributed by atoms with Crippen molar-refractivity contribution < 1.29 is 17.1 Å². The minimum absolute atomic E-state index is 0.103. The van der Waals surface area contributed by atoms with Gasteiger partial charge in [-0.05, 0) is 27.6 Å². The predicted octanol–water partition coefficient (Wildman–Crippen LogP) is 1.24. The van der Waals surface area contributed by atoms with Crippen LogP contribution in [0, 0.1) is 0 Å². The zero-order chi connectivity index (χ0) is 13.3. The minimum atomic E-state index is -4.65. The summed E-state index contributed by atoms with van der Waals surface area (Å²) in [5.41, 5.74) is 0.767. The maximum absolute atomic E-state index is 12.8. The highest BCUT2D eigenvalue weighted by Gasteiger charge is 2.38. The molecule has 8 heteroatoms. The van der Waals surface area contributed by atoms with Crippen LogP contribution in [0.1, 0.15) is 12.0 Å². The molecule has 2 heterocycles. The summed E-state index contributed by atoms with van der Waals surface area (Å²) in [6.07, 6.45) is 1.29. The largest absolute Gasteiger partial charge is 0.337 e. The predicted molar refractivity (Wildman–Crippen MR) is 65.8 cm³/mol. The highest BCUT2D eigenvalue weighted by Crippen LogP contribution is 2.21. The van der Waals surface area contributed by atoms with Crippen molar-refractivity contribution in [1.82, 2.24) is 9.88 Å². The van der Waals surface area contributed by atoms with E-state index in [0.717, 1.165) is 5.56 Å². The van der Waals surface area contributed by atoms with Gasteiger partial charge in [0.2, 0.25) is 5.91 Å². The molecular formula is C10H10BrFN2O3S. The topological polar surface area (TPSA) is 67.3 Å². The van der Waals surface area contributed by atoms with E-state index in [2.05, 4.69) is 20.9 Å². The second-order valence-electron chi connectivity index (χ2n) is 4.07. The van der Waals surface area contributed by atoms with Gasteiger partial charge in [0, 0.05) is 25.7 Å². The average molecular weight is 337 g/mol. The standard InChI is InChI=1S/C10H10BrFN2O3S/c11-9-2-1-7(4-13-9)5-14-6-8(3-10(14)15)18(12,16)17/h1-2,4,8H,3,5-6H2. The zero-order valence-electron chi connectivity index (χ0n) is 9.21. The van der Waals surface area contributed by atoms with Crippen LogP contribution in [0.15, 0.2) is 22.9 Å². The van der Waals surface area contributed by atoms with Gasteiger partial charge in [-0.2, -0.15) is 8.42 Å². The van der Waals surface area contributed by atoms with Crippen molar-refractivity contribution in [2.75, 3.05) is 6.54 Å². The number of likely N-dealkylation sites (tertiary alicyclic amines) is 1. The van der Waals surface area contributed by atoms with E-state index in [-0.39, 0.29) is 25.4 Å². The van der Waals surface area contributed by atoms with Gasteiger partial charge >= 0.3 is 10.2 Å². The summed E-state index contributed by atoms with van der Waals surface area (Å²) in [6, 6.07) is 3.49. The molecular weight excluding hydrogens is 327 g/mol. The Morgan fingerprint density at radius 3 is 2.72 bits per heavy atom. The number of rotatable bonds is 3. The van der Waals surface area contributed by atoms with Crippen LogP contribution < -0.4 is 0 Å². The van der Waals surface area contributed by atoms with Crippen molar-refractivity contribution >= 4 is 32.1 Å². The molecule has 0 bridgehead atoms.